The van der Waals surface area contributed by atoms with Gasteiger partial charge in [-0.15, -0.1) is 0 Å². The monoisotopic (exact) mass is 542 g/mol. The Balaban J connectivity index is 1.43. The van der Waals surface area contributed by atoms with Gasteiger partial charge in [-0.2, -0.15) is 5.10 Å². The lowest BCUT2D eigenvalue weighted by molar-refractivity contribution is -0.137. The number of methoxy groups -OCH3 is 2. The predicted molar refractivity (Wildman–Crippen MR) is 148 cm³/mol. The van der Waals surface area contributed by atoms with Gasteiger partial charge in [0, 0.05) is 5.92 Å². The zero-order chi connectivity index (χ0) is 28.2. The summed E-state index contributed by atoms with van der Waals surface area (Å²) in [6.45, 7) is -0.534. The molecule has 2 atom stereocenters. The van der Waals surface area contributed by atoms with Gasteiger partial charge in [0.05, 0.1) is 31.5 Å². The van der Waals surface area contributed by atoms with Crippen LogP contribution in [0.15, 0.2) is 77.4 Å². The summed E-state index contributed by atoms with van der Waals surface area (Å²) in [5.41, 5.74) is 3.84. The number of esters is 1. The van der Waals surface area contributed by atoms with Crippen LogP contribution in [-0.4, -0.2) is 53.6 Å². The minimum Gasteiger partial charge on any atom is -0.504 e. The van der Waals surface area contributed by atoms with Gasteiger partial charge in [-0.3, -0.25) is 4.79 Å². The predicted octanol–water partition coefficient (Wildman–Crippen LogP) is 5.10. The van der Waals surface area contributed by atoms with E-state index < -0.39 is 24.2 Å². The summed E-state index contributed by atoms with van der Waals surface area (Å²) < 4.78 is 15.9. The Morgan fingerprint density at radius 1 is 0.950 bits per heavy atom. The first-order chi connectivity index (χ1) is 19.4. The van der Waals surface area contributed by atoms with Crippen LogP contribution >= 0.6 is 0 Å². The highest BCUT2D eigenvalue weighted by atomic mass is 16.5. The summed E-state index contributed by atoms with van der Waals surface area (Å²) in [6, 6.07) is 18.5. The maximum atomic E-state index is 13.5. The van der Waals surface area contributed by atoms with Gasteiger partial charge >= 0.3 is 5.97 Å². The number of hydrazone groups is 1. The Labute approximate surface area is 231 Å². The number of carbonyl (C=O) groups is 2. The van der Waals surface area contributed by atoms with E-state index in [1.54, 1.807) is 14.2 Å². The minimum absolute atomic E-state index is 0.0147. The van der Waals surface area contributed by atoms with Crippen LogP contribution in [0.2, 0.25) is 0 Å². The third-order valence-electron chi connectivity index (χ3n) is 7.21. The van der Waals surface area contributed by atoms with Crippen molar-refractivity contribution in [3.63, 3.8) is 0 Å². The lowest BCUT2D eigenvalue weighted by atomic mass is 9.77. The fraction of sp³-hybridized carbons (Fsp3) is 0.258. The first kappa shape index (κ1) is 26.8. The average Bonchev–Trinajstić information content (AvgIpc) is 3.38. The Kier molecular flexibility index (Phi) is 7.72. The third-order valence-corrected chi connectivity index (χ3v) is 7.21. The molecule has 1 aliphatic carbocycles. The van der Waals surface area contributed by atoms with Gasteiger partial charge in [0.2, 0.25) is 0 Å². The molecule has 9 heteroatoms. The second kappa shape index (κ2) is 11.5. The Bertz CT molecular complexity index is 1460. The molecule has 3 aromatic rings. The Morgan fingerprint density at radius 3 is 2.27 bits per heavy atom. The number of carbonyl (C=O) groups excluding carboxylic acids is 2. The van der Waals surface area contributed by atoms with Crippen molar-refractivity contribution in [3.8, 4) is 23.0 Å². The molecule has 1 fully saturated rings. The van der Waals surface area contributed by atoms with E-state index in [-0.39, 0.29) is 23.3 Å². The molecule has 0 saturated heterocycles. The van der Waals surface area contributed by atoms with Gasteiger partial charge in [0.25, 0.3) is 5.91 Å². The molecule has 2 N–H and O–H groups in total. The fourth-order valence-corrected chi connectivity index (χ4v) is 5.17. The number of aromatic hydroxyl groups is 2. The van der Waals surface area contributed by atoms with Crippen LogP contribution in [0.4, 0.5) is 0 Å². The second-order valence-electron chi connectivity index (χ2n) is 9.66. The summed E-state index contributed by atoms with van der Waals surface area (Å²) >= 11 is 0. The summed E-state index contributed by atoms with van der Waals surface area (Å²) in [5.74, 6) is -0.626. The second-order valence-corrected chi connectivity index (χ2v) is 9.66. The number of phenolic OH excluding ortho intramolecular Hbond substituents is 2. The quantitative estimate of drug-likeness (QED) is 0.315. The van der Waals surface area contributed by atoms with Crippen molar-refractivity contribution in [3.05, 3.63) is 89.0 Å². The largest absolute Gasteiger partial charge is 0.504 e. The standard InChI is InChI=1S/C31H30N2O7/c1-38-23-11-6-19(7-12-23)16-21-4-3-5-25-29(21)32-33(30(25)20-8-13-24(39-2)14-9-20)28(36)18-40-31(37)22-10-15-26(34)27(35)17-22/h6-17,25,30,34-35H,3-5,18H2,1-2H3. The van der Waals surface area contributed by atoms with Crippen LogP contribution in [-0.2, 0) is 9.53 Å². The maximum Gasteiger partial charge on any atom is 0.338 e. The van der Waals surface area contributed by atoms with E-state index in [0.29, 0.717) is 5.75 Å². The first-order valence-corrected chi connectivity index (χ1v) is 13.0. The molecule has 40 heavy (non-hydrogen) atoms. The minimum atomic E-state index is -0.797. The number of amides is 1. The molecule has 1 heterocycles. The van der Waals surface area contributed by atoms with E-state index in [4.69, 9.17) is 19.3 Å². The van der Waals surface area contributed by atoms with Gasteiger partial charge < -0.3 is 24.4 Å². The van der Waals surface area contributed by atoms with Crippen molar-refractivity contribution in [1.29, 1.82) is 0 Å². The molecule has 9 nitrogen and oxygen atoms in total. The fourth-order valence-electron chi connectivity index (χ4n) is 5.17. The van der Waals surface area contributed by atoms with Crippen LogP contribution in [0.25, 0.3) is 6.08 Å². The molecule has 2 aliphatic rings. The number of phenols is 2. The third kappa shape index (κ3) is 5.49. The van der Waals surface area contributed by atoms with E-state index >= 15 is 0 Å². The molecule has 2 unspecified atom stereocenters. The number of rotatable bonds is 7. The van der Waals surface area contributed by atoms with E-state index in [1.165, 1.54) is 17.1 Å². The topological polar surface area (TPSA) is 118 Å². The van der Waals surface area contributed by atoms with E-state index in [1.807, 2.05) is 48.5 Å². The van der Waals surface area contributed by atoms with Gasteiger partial charge in [0.1, 0.15) is 11.5 Å². The number of nitrogens with zero attached hydrogens (tertiary/aromatic N) is 2. The number of benzene rings is 3. The molecule has 0 spiro atoms. The molecule has 0 aromatic heterocycles. The van der Waals surface area contributed by atoms with Crippen LogP contribution in [0.1, 0.15) is 46.8 Å². The SMILES string of the molecule is COc1ccc(C=C2CCCC3C2=NN(C(=O)COC(=O)c2ccc(O)c(O)c2)C3c2ccc(OC)cc2)cc1. The number of ether oxygens (including phenoxy) is 3. The molecule has 0 bridgehead atoms. The first-order valence-electron chi connectivity index (χ1n) is 13.0. The van der Waals surface area contributed by atoms with Crippen molar-refractivity contribution in [1.82, 2.24) is 5.01 Å². The van der Waals surface area contributed by atoms with Gasteiger partial charge in [-0.25, -0.2) is 9.80 Å². The van der Waals surface area contributed by atoms with Crippen molar-refractivity contribution >= 4 is 23.7 Å². The lowest BCUT2D eigenvalue weighted by Gasteiger charge is -2.29. The summed E-state index contributed by atoms with van der Waals surface area (Å²) in [7, 11) is 3.23. The summed E-state index contributed by atoms with van der Waals surface area (Å²) in [4.78, 5) is 26.0. The average molecular weight is 543 g/mol. The molecule has 206 valence electrons. The zero-order valence-corrected chi connectivity index (χ0v) is 22.2. The highest BCUT2D eigenvalue weighted by molar-refractivity contribution is 6.08. The summed E-state index contributed by atoms with van der Waals surface area (Å²) in [5, 5.41) is 25.4. The molecule has 5 rings (SSSR count). The van der Waals surface area contributed by atoms with Crippen molar-refractivity contribution < 1.29 is 34.0 Å². The number of allylic oxidation sites excluding steroid dienone is 1. The molecule has 1 saturated carbocycles. The molecule has 3 aromatic carbocycles. The van der Waals surface area contributed by atoms with E-state index in [9.17, 15) is 19.8 Å². The van der Waals surface area contributed by atoms with E-state index in [0.717, 1.165) is 53.5 Å². The van der Waals surface area contributed by atoms with E-state index in [2.05, 4.69) is 6.08 Å². The molecule has 0 radical (unpaired) electrons. The molecular formula is C31H30N2O7. The molecular weight excluding hydrogens is 512 g/mol. The number of fused-ring (bicyclic) bond motifs is 1. The van der Waals surface area contributed by atoms with Gasteiger partial charge in [0.15, 0.2) is 18.1 Å². The zero-order valence-electron chi connectivity index (χ0n) is 22.2. The van der Waals surface area contributed by atoms with Crippen molar-refractivity contribution in [2.75, 3.05) is 20.8 Å². The lowest BCUT2D eigenvalue weighted by Crippen LogP contribution is -2.34. The molecule has 1 aliphatic heterocycles. The number of hydrogen-bond donors (Lipinski definition) is 2. The normalized spacial score (nSPS) is 19.1. The number of hydrogen-bond acceptors (Lipinski definition) is 8. The molecule has 1 amide bonds. The van der Waals surface area contributed by atoms with Crippen molar-refractivity contribution in [2.45, 2.75) is 25.3 Å². The smallest absolute Gasteiger partial charge is 0.338 e. The van der Waals surface area contributed by atoms with Crippen LogP contribution in [0.5, 0.6) is 23.0 Å². The maximum absolute atomic E-state index is 13.5. The highest BCUT2D eigenvalue weighted by Crippen LogP contribution is 2.44. The van der Waals surface area contributed by atoms with Crippen LogP contribution < -0.4 is 9.47 Å². The van der Waals surface area contributed by atoms with Gasteiger partial charge in [-0.05, 0) is 84.5 Å². The Morgan fingerprint density at radius 2 is 1.62 bits per heavy atom. The Hall–Kier alpha value is -4.79. The van der Waals surface area contributed by atoms with Crippen LogP contribution in [0, 0.1) is 5.92 Å². The van der Waals surface area contributed by atoms with Gasteiger partial charge in [-0.1, -0.05) is 24.3 Å². The van der Waals surface area contributed by atoms with Crippen LogP contribution in [0.3, 0.4) is 0 Å². The summed E-state index contributed by atoms with van der Waals surface area (Å²) in [6.07, 6.45) is 4.73. The van der Waals surface area contributed by atoms with Crippen molar-refractivity contribution in [2.24, 2.45) is 11.0 Å². The highest BCUT2D eigenvalue weighted by Gasteiger charge is 2.43.